The van der Waals surface area contributed by atoms with Gasteiger partial charge in [0, 0.05) is 30.0 Å². The van der Waals surface area contributed by atoms with Gasteiger partial charge >= 0.3 is 0 Å². The average Bonchev–Trinajstić information content (AvgIpc) is 2.47. The molecule has 0 aromatic carbocycles. The van der Waals surface area contributed by atoms with E-state index in [1.54, 1.807) is 12.4 Å². The van der Waals surface area contributed by atoms with Gasteiger partial charge in [-0.1, -0.05) is 6.92 Å². The predicted molar refractivity (Wildman–Crippen MR) is 83.7 cm³/mol. The smallest absolute Gasteiger partial charge is 0.255 e. The van der Waals surface area contributed by atoms with Crippen molar-refractivity contribution in [2.75, 3.05) is 26.2 Å². The summed E-state index contributed by atoms with van der Waals surface area (Å²) in [6.45, 7) is 5.88. The molecule has 110 valence electrons. The summed E-state index contributed by atoms with van der Waals surface area (Å²) >= 11 is 3.37. The van der Waals surface area contributed by atoms with Crippen LogP contribution in [0.3, 0.4) is 0 Å². The summed E-state index contributed by atoms with van der Waals surface area (Å²) in [5, 5.41) is 3.41. The molecule has 1 fully saturated rings. The predicted octanol–water partition coefficient (Wildman–Crippen LogP) is 2.70. The SMILES string of the molecule is CCCN(CC1CCCNC1)C(=O)c1cncc(Br)c1. The zero-order chi connectivity index (χ0) is 14.4. The molecule has 0 saturated carbocycles. The van der Waals surface area contributed by atoms with E-state index in [1.165, 1.54) is 12.8 Å². The summed E-state index contributed by atoms with van der Waals surface area (Å²) in [7, 11) is 0. The van der Waals surface area contributed by atoms with Crippen molar-refractivity contribution in [2.45, 2.75) is 26.2 Å². The Balaban J connectivity index is 2.04. The summed E-state index contributed by atoms with van der Waals surface area (Å²) in [6.07, 6.45) is 6.74. The Labute approximate surface area is 129 Å². The number of hydrogen-bond donors (Lipinski definition) is 1. The van der Waals surface area contributed by atoms with Crippen LogP contribution in [-0.2, 0) is 0 Å². The van der Waals surface area contributed by atoms with Crippen molar-refractivity contribution in [1.82, 2.24) is 15.2 Å². The second-order valence-corrected chi connectivity index (χ2v) is 6.27. The van der Waals surface area contributed by atoms with E-state index in [-0.39, 0.29) is 5.91 Å². The molecule has 1 aromatic heterocycles. The van der Waals surface area contributed by atoms with Gasteiger partial charge in [-0.15, -0.1) is 0 Å². The lowest BCUT2D eigenvalue weighted by molar-refractivity contribution is 0.0718. The third-order valence-corrected chi connectivity index (χ3v) is 4.04. The highest BCUT2D eigenvalue weighted by Crippen LogP contribution is 2.16. The number of hydrogen-bond acceptors (Lipinski definition) is 3. The lowest BCUT2D eigenvalue weighted by Gasteiger charge is -2.30. The highest BCUT2D eigenvalue weighted by Gasteiger charge is 2.21. The second-order valence-electron chi connectivity index (χ2n) is 5.36. The summed E-state index contributed by atoms with van der Waals surface area (Å²) in [6, 6.07) is 1.84. The van der Waals surface area contributed by atoms with Crippen molar-refractivity contribution in [3.8, 4) is 0 Å². The van der Waals surface area contributed by atoms with Gasteiger partial charge in [-0.2, -0.15) is 0 Å². The molecular formula is C15H22BrN3O. The van der Waals surface area contributed by atoms with Gasteiger partial charge in [-0.3, -0.25) is 9.78 Å². The molecular weight excluding hydrogens is 318 g/mol. The first kappa shape index (κ1) is 15.4. The number of nitrogens with zero attached hydrogens (tertiary/aromatic N) is 2. The molecule has 2 heterocycles. The lowest BCUT2D eigenvalue weighted by Crippen LogP contribution is -2.41. The second kappa shape index (κ2) is 7.74. The molecule has 4 nitrogen and oxygen atoms in total. The standard InChI is InChI=1S/C15H22BrN3O/c1-2-6-19(11-12-4-3-5-17-8-12)15(20)13-7-14(16)10-18-9-13/h7,9-10,12,17H,2-6,8,11H2,1H3. The van der Waals surface area contributed by atoms with Crippen molar-refractivity contribution in [3.05, 3.63) is 28.5 Å². The molecule has 0 radical (unpaired) electrons. The number of halogens is 1. The van der Waals surface area contributed by atoms with Gasteiger partial charge in [0.25, 0.3) is 5.91 Å². The molecule has 1 N–H and O–H groups in total. The lowest BCUT2D eigenvalue weighted by atomic mass is 9.98. The van der Waals surface area contributed by atoms with Crippen molar-refractivity contribution in [3.63, 3.8) is 0 Å². The molecule has 1 aliphatic rings. The molecule has 20 heavy (non-hydrogen) atoms. The number of piperidine rings is 1. The van der Waals surface area contributed by atoms with E-state index in [9.17, 15) is 4.79 Å². The molecule has 0 aliphatic carbocycles. The monoisotopic (exact) mass is 339 g/mol. The molecule has 1 aromatic rings. The molecule has 1 amide bonds. The Kier molecular flexibility index (Phi) is 5.98. The Morgan fingerprint density at radius 1 is 1.55 bits per heavy atom. The minimum absolute atomic E-state index is 0.0891. The highest BCUT2D eigenvalue weighted by atomic mass is 79.9. The number of carbonyl (C=O) groups is 1. The van der Waals surface area contributed by atoms with E-state index in [2.05, 4.69) is 33.2 Å². The van der Waals surface area contributed by atoms with Gasteiger partial charge in [0.2, 0.25) is 0 Å². The quantitative estimate of drug-likeness (QED) is 0.896. The molecule has 1 saturated heterocycles. The van der Waals surface area contributed by atoms with Crippen LogP contribution in [0.5, 0.6) is 0 Å². The summed E-state index contributed by atoms with van der Waals surface area (Å²) < 4.78 is 0.846. The van der Waals surface area contributed by atoms with Crippen molar-refractivity contribution in [2.24, 2.45) is 5.92 Å². The van der Waals surface area contributed by atoms with Crippen LogP contribution in [0.15, 0.2) is 22.9 Å². The van der Waals surface area contributed by atoms with Crippen LogP contribution in [0.4, 0.5) is 0 Å². The number of pyridine rings is 1. The first-order valence-electron chi connectivity index (χ1n) is 7.31. The maximum absolute atomic E-state index is 12.6. The Bertz CT molecular complexity index is 446. The molecule has 1 atom stereocenters. The average molecular weight is 340 g/mol. The number of carbonyl (C=O) groups excluding carboxylic acids is 1. The van der Waals surface area contributed by atoms with Crippen LogP contribution >= 0.6 is 15.9 Å². The van der Waals surface area contributed by atoms with Crippen molar-refractivity contribution >= 4 is 21.8 Å². The number of rotatable bonds is 5. The van der Waals surface area contributed by atoms with Crippen LogP contribution in [-0.4, -0.2) is 42.0 Å². The molecule has 1 aliphatic heterocycles. The fraction of sp³-hybridized carbons (Fsp3) is 0.600. The van der Waals surface area contributed by atoms with E-state index in [4.69, 9.17) is 0 Å². The van der Waals surface area contributed by atoms with Gasteiger partial charge in [0.1, 0.15) is 0 Å². The van der Waals surface area contributed by atoms with Crippen LogP contribution < -0.4 is 5.32 Å². The third kappa shape index (κ3) is 4.28. The Morgan fingerprint density at radius 2 is 2.40 bits per heavy atom. The van der Waals surface area contributed by atoms with E-state index in [0.717, 1.165) is 37.1 Å². The number of nitrogens with one attached hydrogen (secondary N) is 1. The van der Waals surface area contributed by atoms with Gasteiger partial charge in [-0.05, 0) is 60.3 Å². The van der Waals surface area contributed by atoms with Crippen LogP contribution in [0, 0.1) is 5.92 Å². The topological polar surface area (TPSA) is 45.2 Å². The van der Waals surface area contributed by atoms with E-state index in [1.807, 2.05) is 11.0 Å². The maximum Gasteiger partial charge on any atom is 0.255 e. The van der Waals surface area contributed by atoms with Crippen molar-refractivity contribution in [1.29, 1.82) is 0 Å². The first-order valence-corrected chi connectivity index (χ1v) is 8.10. The van der Waals surface area contributed by atoms with Crippen LogP contribution in [0.2, 0.25) is 0 Å². The van der Waals surface area contributed by atoms with E-state index < -0.39 is 0 Å². The maximum atomic E-state index is 12.6. The van der Waals surface area contributed by atoms with Crippen LogP contribution in [0.1, 0.15) is 36.5 Å². The summed E-state index contributed by atoms with van der Waals surface area (Å²) in [5.41, 5.74) is 0.664. The van der Waals surface area contributed by atoms with E-state index >= 15 is 0 Å². The fourth-order valence-electron chi connectivity index (χ4n) is 2.65. The van der Waals surface area contributed by atoms with Crippen LogP contribution in [0.25, 0.3) is 0 Å². The third-order valence-electron chi connectivity index (χ3n) is 3.61. The largest absolute Gasteiger partial charge is 0.338 e. The van der Waals surface area contributed by atoms with Gasteiger partial charge in [0.15, 0.2) is 0 Å². The zero-order valence-corrected chi connectivity index (χ0v) is 13.5. The number of amides is 1. The Hall–Kier alpha value is -0.940. The molecule has 2 rings (SSSR count). The Morgan fingerprint density at radius 3 is 3.05 bits per heavy atom. The van der Waals surface area contributed by atoms with Gasteiger partial charge < -0.3 is 10.2 Å². The van der Waals surface area contributed by atoms with Gasteiger partial charge in [0.05, 0.1) is 5.56 Å². The zero-order valence-electron chi connectivity index (χ0n) is 11.9. The molecule has 1 unspecified atom stereocenters. The molecule has 0 spiro atoms. The summed E-state index contributed by atoms with van der Waals surface area (Å²) in [5.74, 6) is 0.658. The number of aromatic nitrogens is 1. The molecule has 5 heteroatoms. The van der Waals surface area contributed by atoms with E-state index in [0.29, 0.717) is 11.5 Å². The molecule has 0 bridgehead atoms. The highest BCUT2D eigenvalue weighted by molar-refractivity contribution is 9.10. The fourth-order valence-corrected chi connectivity index (χ4v) is 3.01. The minimum atomic E-state index is 0.0891. The first-order chi connectivity index (χ1) is 9.70. The van der Waals surface area contributed by atoms with Gasteiger partial charge in [-0.25, -0.2) is 0 Å². The van der Waals surface area contributed by atoms with Crippen molar-refractivity contribution < 1.29 is 4.79 Å². The summed E-state index contributed by atoms with van der Waals surface area (Å²) in [4.78, 5) is 18.7. The minimum Gasteiger partial charge on any atom is -0.338 e. The normalized spacial score (nSPS) is 18.8.